The van der Waals surface area contributed by atoms with E-state index in [0.717, 1.165) is 16.5 Å². The van der Waals surface area contributed by atoms with Crippen molar-refractivity contribution in [2.24, 2.45) is 0 Å². The van der Waals surface area contributed by atoms with Crippen LogP contribution in [0.5, 0.6) is 0 Å². The second kappa shape index (κ2) is 7.28. The Hall–Kier alpha value is -3.33. The lowest BCUT2D eigenvalue weighted by Gasteiger charge is -2.10. The van der Waals surface area contributed by atoms with Gasteiger partial charge in [0.15, 0.2) is 11.6 Å². The number of halogens is 1. The quantitative estimate of drug-likeness (QED) is 0.620. The number of benzene rings is 1. The van der Waals surface area contributed by atoms with Crippen LogP contribution in [0.1, 0.15) is 11.4 Å². The van der Waals surface area contributed by atoms with Crippen molar-refractivity contribution in [3.63, 3.8) is 0 Å². The van der Waals surface area contributed by atoms with Crippen LogP contribution in [0.4, 0.5) is 26.6 Å². The molecule has 8 nitrogen and oxygen atoms in total. The van der Waals surface area contributed by atoms with Crippen molar-refractivity contribution in [3.05, 3.63) is 47.7 Å². The highest BCUT2D eigenvalue weighted by molar-refractivity contribution is 6.00. The van der Waals surface area contributed by atoms with Gasteiger partial charge in [0.05, 0.1) is 12.8 Å². The molecule has 0 atom stereocenters. The van der Waals surface area contributed by atoms with Gasteiger partial charge in [-0.25, -0.2) is 19.6 Å². The zero-order valence-corrected chi connectivity index (χ0v) is 14.4. The average Bonchev–Trinajstić information content (AvgIpc) is 2.59. The minimum absolute atomic E-state index is 0.0539. The van der Waals surface area contributed by atoms with Gasteiger partial charge in [0.1, 0.15) is 0 Å². The number of hydrogen-bond donors (Lipinski definition) is 3. The van der Waals surface area contributed by atoms with Crippen LogP contribution in [0.25, 0.3) is 10.8 Å². The maximum Gasteiger partial charge on any atom is 0.326 e. The Morgan fingerprint density at radius 3 is 2.69 bits per heavy atom. The molecule has 26 heavy (non-hydrogen) atoms. The molecule has 9 heteroatoms. The minimum atomic E-state index is -0.656. The molecule has 0 aliphatic rings. The van der Waals surface area contributed by atoms with E-state index in [9.17, 15) is 9.18 Å². The van der Waals surface area contributed by atoms with Gasteiger partial charge in [-0.3, -0.25) is 15.1 Å². The van der Waals surface area contributed by atoms with E-state index in [1.165, 1.54) is 14.0 Å². The van der Waals surface area contributed by atoms with Gasteiger partial charge < -0.3 is 5.32 Å². The number of anilines is 3. The molecule has 1 aromatic carbocycles. The topological polar surface area (TPSA) is 101 Å². The minimum Gasteiger partial charge on any atom is -0.308 e. The van der Waals surface area contributed by atoms with Crippen LogP contribution in [0.3, 0.4) is 0 Å². The molecular formula is C17H17FN6O2. The standard InChI is InChI=1S/C17H17FN6O2/c1-9-6-12-7-13(5-4-11(12)8-19-9)21-17(25)23-16-20-10(2)14(18)15(22-16)24-26-3/h4-8H,1-3H3,(H3,20,21,22,23,24,25). The Morgan fingerprint density at radius 1 is 1.12 bits per heavy atom. The van der Waals surface area contributed by atoms with E-state index in [2.05, 4.69) is 35.9 Å². The van der Waals surface area contributed by atoms with Gasteiger partial charge in [0.25, 0.3) is 0 Å². The number of hydrogen-bond acceptors (Lipinski definition) is 6. The zero-order chi connectivity index (χ0) is 18.7. The number of pyridine rings is 1. The number of aromatic nitrogens is 3. The van der Waals surface area contributed by atoms with Gasteiger partial charge >= 0.3 is 6.03 Å². The van der Waals surface area contributed by atoms with Gasteiger partial charge in [-0.05, 0) is 37.4 Å². The lowest BCUT2D eigenvalue weighted by Crippen LogP contribution is -2.21. The summed E-state index contributed by atoms with van der Waals surface area (Å²) in [5.41, 5.74) is 3.85. The summed E-state index contributed by atoms with van der Waals surface area (Å²) in [7, 11) is 1.33. The number of rotatable bonds is 4. The molecule has 0 saturated carbocycles. The Balaban J connectivity index is 1.76. The number of aryl methyl sites for hydroxylation is 2. The largest absolute Gasteiger partial charge is 0.326 e. The molecule has 3 aromatic rings. The molecule has 2 amide bonds. The fourth-order valence-electron chi connectivity index (χ4n) is 2.37. The van der Waals surface area contributed by atoms with Crippen LogP contribution >= 0.6 is 0 Å². The molecule has 0 saturated heterocycles. The predicted octanol–water partition coefficient (Wildman–Crippen LogP) is 3.40. The van der Waals surface area contributed by atoms with E-state index < -0.39 is 11.8 Å². The Bertz CT molecular complexity index is 979. The smallest absolute Gasteiger partial charge is 0.308 e. The highest BCUT2D eigenvalue weighted by atomic mass is 19.1. The van der Waals surface area contributed by atoms with Gasteiger partial charge in [0, 0.05) is 23.0 Å². The van der Waals surface area contributed by atoms with Crippen LogP contribution < -0.4 is 16.1 Å². The first-order valence-corrected chi connectivity index (χ1v) is 7.74. The monoisotopic (exact) mass is 356 g/mol. The third-order valence-corrected chi connectivity index (χ3v) is 3.56. The number of nitrogens with one attached hydrogen (secondary N) is 3. The number of carbonyl (C=O) groups excluding carboxylic acids is 1. The number of urea groups is 1. The zero-order valence-electron chi connectivity index (χ0n) is 14.4. The number of amides is 2. The van der Waals surface area contributed by atoms with E-state index in [1.807, 2.05) is 25.1 Å². The van der Waals surface area contributed by atoms with Crippen LogP contribution in [-0.4, -0.2) is 28.1 Å². The van der Waals surface area contributed by atoms with Crippen molar-refractivity contribution in [1.29, 1.82) is 0 Å². The summed E-state index contributed by atoms with van der Waals surface area (Å²) in [4.78, 5) is 28.8. The van der Waals surface area contributed by atoms with E-state index in [-0.39, 0.29) is 17.5 Å². The molecule has 134 valence electrons. The summed E-state index contributed by atoms with van der Waals surface area (Å²) >= 11 is 0. The molecule has 0 fully saturated rings. The molecule has 0 radical (unpaired) electrons. The number of fused-ring (bicyclic) bond motifs is 1. The lowest BCUT2D eigenvalue weighted by atomic mass is 10.1. The first-order chi connectivity index (χ1) is 12.5. The second-order valence-electron chi connectivity index (χ2n) is 5.57. The number of carbonyl (C=O) groups is 1. The third-order valence-electron chi connectivity index (χ3n) is 3.56. The maximum absolute atomic E-state index is 13.8. The van der Waals surface area contributed by atoms with Gasteiger partial charge in [0.2, 0.25) is 5.95 Å². The summed E-state index contributed by atoms with van der Waals surface area (Å²) in [6, 6.07) is 6.82. The predicted molar refractivity (Wildman–Crippen MR) is 96.5 cm³/mol. The van der Waals surface area contributed by atoms with Crippen molar-refractivity contribution in [2.45, 2.75) is 13.8 Å². The summed E-state index contributed by atoms with van der Waals surface area (Å²) in [5.74, 6) is -0.873. The molecule has 0 bridgehead atoms. The first kappa shape index (κ1) is 17.5. The van der Waals surface area contributed by atoms with Gasteiger partial charge in [-0.2, -0.15) is 4.98 Å². The normalized spacial score (nSPS) is 10.6. The van der Waals surface area contributed by atoms with Crippen molar-refractivity contribution in [2.75, 3.05) is 23.2 Å². The molecule has 3 N–H and O–H groups in total. The second-order valence-corrected chi connectivity index (χ2v) is 5.57. The van der Waals surface area contributed by atoms with Crippen molar-refractivity contribution < 1.29 is 14.0 Å². The van der Waals surface area contributed by atoms with Crippen molar-refractivity contribution in [1.82, 2.24) is 15.0 Å². The molecule has 0 spiro atoms. The molecule has 2 aromatic heterocycles. The Labute approximate surface area is 148 Å². The molecule has 0 unspecified atom stereocenters. The van der Waals surface area contributed by atoms with Gasteiger partial charge in [-0.1, -0.05) is 6.07 Å². The van der Waals surface area contributed by atoms with E-state index in [1.54, 1.807) is 12.3 Å². The molecule has 0 aliphatic heterocycles. The number of nitrogens with zero attached hydrogens (tertiary/aromatic N) is 3. The SMILES string of the molecule is CONc1nc(NC(=O)Nc2ccc3cnc(C)cc3c2)nc(C)c1F. The van der Waals surface area contributed by atoms with E-state index in [0.29, 0.717) is 5.69 Å². The fraction of sp³-hybridized carbons (Fsp3) is 0.176. The summed E-state index contributed by atoms with van der Waals surface area (Å²) < 4.78 is 13.8. The van der Waals surface area contributed by atoms with E-state index >= 15 is 0 Å². The van der Waals surface area contributed by atoms with Crippen molar-refractivity contribution in [3.8, 4) is 0 Å². The first-order valence-electron chi connectivity index (χ1n) is 7.74. The molecular weight excluding hydrogens is 339 g/mol. The van der Waals surface area contributed by atoms with Crippen LogP contribution in [0.2, 0.25) is 0 Å². The summed E-state index contributed by atoms with van der Waals surface area (Å²) in [6.45, 7) is 3.35. The molecule has 2 heterocycles. The molecule has 0 aliphatic carbocycles. The van der Waals surface area contributed by atoms with Crippen LogP contribution in [-0.2, 0) is 4.84 Å². The van der Waals surface area contributed by atoms with E-state index in [4.69, 9.17) is 0 Å². The Morgan fingerprint density at radius 2 is 1.92 bits per heavy atom. The van der Waals surface area contributed by atoms with Crippen LogP contribution in [0, 0.1) is 19.7 Å². The summed E-state index contributed by atoms with van der Waals surface area (Å²) in [5, 5.41) is 7.08. The fourth-order valence-corrected chi connectivity index (χ4v) is 2.37. The average molecular weight is 356 g/mol. The summed E-state index contributed by atoms with van der Waals surface area (Å²) in [6.07, 6.45) is 1.77. The highest BCUT2D eigenvalue weighted by Crippen LogP contribution is 2.20. The molecule has 3 rings (SSSR count). The highest BCUT2D eigenvalue weighted by Gasteiger charge is 2.13. The third kappa shape index (κ3) is 3.83. The Kier molecular flexibility index (Phi) is 4.90. The van der Waals surface area contributed by atoms with Crippen molar-refractivity contribution >= 4 is 34.3 Å². The maximum atomic E-state index is 13.8. The van der Waals surface area contributed by atoms with Gasteiger partial charge in [-0.15, -0.1) is 0 Å². The lowest BCUT2D eigenvalue weighted by molar-refractivity contribution is 0.261. The van der Waals surface area contributed by atoms with Crippen LogP contribution in [0.15, 0.2) is 30.5 Å².